The van der Waals surface area contributed by atoms with Crippen LogP contribution in [0.3, 0.4) is 0 Å². The Balaban J connectivity index is 1.39. The van der Waals surface area contributed by atoms with Gasteiger partial charge in [-0.25, -0.2) is 0 Å². The number of hydrogen-bond acceptors (Lipinski definition) is 2. The highest BCUT2D eigenvalue weighted by Gasteiger charge is 2.76. The molecule has 2 heteroatoms. The Morgan fingerprint density at radius 3 is 2.42 bits per heavy atom. The van der Waals surface area contributed by atoms with Crippen molar-refractivity contribution in [1.82, 2.24) is 0 Å². The molecule has 2 fully saturated rings. The van der Waals surface area contributed by atoms with Gasteiger partial charge in [0.1, 0.15) is 0 Å². The summed E-state index contributed by atoms with van der Waals surface area (Å²) >= 11 is 0. The molecule has 0 saturated carbocycles. The molecule has 0 aromatic rings. The van der Waals surface area contributed by atoms with E-state index in [-0.39, 0.29) is 12.1 Å². The topological polar surface area (TPSA) is 25.1 Å². The molecule has 2 nitrogen and oxygen atoms in total. The smallest absolute Gasteiger partial charge is 0.225 e. The molecule has 0 aromatic carbocycles. The van der Waals surface area contributed by atoms with Crippen LogP contribution >= 0.6 is 0 Å². The lowest BCUT2D eigenvalue weighted by Gasteiger charge is -2.00. The van der Waals surface area contributed by atoms with Crippen LogP contribution in [0.1, 0.15) is 38.5 Å². The van der Waals surface area contributed by atoms with Crippen molar-refractivity contribution in [3.05, 3.63) is 12.7 Å². The standard InChI is InChI=1S/C10H16O2/c1-2-3-4-5-6-7-8-10-9(11-10)12-10/h2,9H,1,3-8H2. The molecular weight excluding hydrogens is 152 g/mol. The minimum atomic E-state index is -0.0571. The minimum Gasteiger partial charge on any atom is -0.310 e. The first kappa shape index (κ1) is 8.27. The van der Waals surface area contributed by atoms with Crippen LogP contribution in [-0.4, -0.2) is 12.1 Å². The lowest BCUT2D eigenvalue weighted by atomic mass is 10.1. The Labute approximate surface area is 73.5 Å². The SMILES string of the molecule is C=CCCCCCCC12OC1O2. The zero-order valence-electron chi connectivity index (χ0n) is 7.42. The van der Waals surface area contributed by atoms with Crippen LogP contribution < -0.4 is 0 Å². The largest absolute Gasteiger partial charge is 0.310 e. The van der Waals surface area contributed by atoms with Crippen molar-refractivity contribution in [3.8, 4) is 0 Å². The fraction of sp³-hybridized carbons (Fsp3) is 0.800. The Morgan fingerprint density at radius 2 is 1.83 bits per heavy atom. The molecule has 0 atom stereocenters. The predicted octanol–water partition coefficient (Wildman–Crippen LogP) is 2.60. The highest BCUT2D eigenvalue weighted by Crippen LogP contribution is 2.59. The van der Waals surface area contributed by atoms with Gasteiger partial charge in [-0.15, -0.1) is 6.58 Å². The lowest BCUT2D eigenvalue weighted by Crippen LogP contribution is -1.97. The number of fused-ring (bicyclic) bond motifs is 1. The number of ether oxygens (including phenoxy) is 2. The van der Waals surface area contributed by atoms with Gasteiger partial charge in [-0.2, -0.15) is 0 Å². The van der Waals surface area contributed by atoms with E-state index in [4.69, 9.17) is 9.47 Å². The van der Waals surface area contributed by atoms with Gasteiger partial charge in [-0.05, 0) is 19.3 Å². The van der Waals surface area contributed by atoms with Crippen LogP contribution in [0, 0.1) is 0 Å². The summed E-state index contributed by atoms with van der Waals surface area (Å²) in [6, 6.07) is 0. The highest BCUT2D eigenvalue weighted by molar-refractivity contribution is 5.02. The fourth-order valence-corrected chi connectivity index (χ4v) is 1.55. The van der Waals surface area contributed by atoms with E-state index in [0.717, 1.165) is 12.8 Å². The van der Waals surface area contributed by atoms with Crippen molar-refractivity contribution < 1.29 is 9.47 Å². The molecule has 2 aliphatic heterocycles. The Hall–Kier alpha value is -0.340. The van der Waals surface area contributed by atoms with E-state index in [2.05, 4.69) is 6.58 Å². The van der Waals surface area contributed by atoms with Gasteiger partial charge >= 0.3 is 0 Å². The zero-order valence-corrected chi connectivity index (χ0v) is 7.42. The number of hydrogen-bond donors (Lipinski definition) is 0. The monoisotopic (exact) mass is 168 g/mol. The number of allylic oxidation sites excluding steroid dienone is 1. The van der Waals surface area contributed by atoms with E-state index in [1.165, 1.54) is 25.7 Å². The maximum Gasteiger partial charge on any atom is 0.225 e. The predicted molar refractivity (Wildman–Crippen MR) is 46.6 cm³/mol. The van der Waals surface area contributed by atoms with Gasteiger partial charge in [0.2, 0.25) is 12.1 Å². The van der Waals surface area contributed by atoms with E-state index < -0.39 is 0 Å². The maximum atomic E-state index is 5.18. The summed E-state index contributed by atoms with van der Waals surface area (Å²) in [5, 5.41) is 0. The third-order valence-corrected chi connectivity index (χ3v) is 2.54. The lowest BCUT2D eigenvalue weighted by molar-refractivity contribution is -0.0542. The molecule has 0 bridgehead atoms. The molecule has 2 heterocycles. The summed E-state index contributed by atoms with van der Waals surface area (Å²) in [6.45, 7) is 3.69. The second-order valence-electron chi connectivity index (χ2n) is 3.62. The van der Waals surface area contributed by atoms with Gasteiger partial charge in [-0.3, -0.25) is 0 Å². The van der Waals surface area contributed by atoms with Gasteiger partial charge in [0, 0.05) is 6.42 Å². The van der Waals surface area contributed by atoms with Crippen molar-refractivity contribution in [2.75, 3.05) is 0 Å². The first-order chi connectivity index (χ1) is 5.87. The van der Waals surface area contributed by atoms with Gasteiger partial charge in [0.05, 0.1) is 0 Å². The summed E-state index contributed by atoms with van der Waals surface area (Å²) in [6.07, 6.45) is 9.58. The van der Waals surface area contributed by atoms with E-state index in [9.17, 15) is 0 Å². The molecule has 0 spiro atoms. The zero-order chi connectivity index (χ0) is 8.44. The molecule has 2 rings (SSSR count). The minimum absolute atomic E-state index is 0.0571. The van der Waals surface area contributed by atoms with Crippen molar-refractivity contribution in [1.29, 1.82) is 0 Å². The Bertz CT molecular complexity index is 171. The summed E-state index contributed by atoms with van der Waals surface area (Å²) in [5.74, 6) is -0.0571. The molecule has 68 valence electrons. The van der Waals surface area contributed by atoms with Gasteiger partial charge in [-0.1, -0.05) is 18.9 Å². The molecule has 12 heavy (non-hydrogen) atoms. The van der Waals surface area contributed by atoms with E-state index >= 15 is 0 Å². The average Bonchev–Trinajstić information content (AvgIpc) is 2.84. The molecule has 0 radical (unpaired) electrons. The molecule has 2 aliphatic rings. The summed E-state index contributed by atoms with van der Waals surface area (Å²) < 4.78 is 10.4. The third kappa shape index (κ3) is 1.70. The molecule has 0 amide bonds. The van der Waals surface area contributed by atoms with E-state index in [1.807, 2.05) is 6.08 Å². The van der Waals surface area contributed by atoms with Crippen LogP contribution in [0.2, 0.25) is 0 Å². The second kappa shape index (κ2) is 3.19. The second-order valence-corrected chi connectivity index (χ2v) is 3.62. The fourth-order valence-electron chi connectivity index (χ4n) is 1.55. The Morgan fingerprint density at radius 1 is 1.17 bits per heavy atom. The quantitative estimate of drug-likeness (QED) is 0.331. The highest BCUT2D eigenvalue weighted by atomic mass is 17.0. The van der Waals surface area contributed by atoms with Crippen molar-refractivity contribution in [2.45, 2.75) is 50.6 Å². The van der Waals surface area contributed by atoms with E-state index in [1.54, 1.807) is 0 Å². The molecule has 0 N–H and O–H groups in total. The van der Waals surface area contributed by atoms with Crippen LogP contribution in [0.4, 0.5) is 0 Å². The van der Waals surface area contributed by atoms with Gasteiger partial charge in [0.25, 0.3) is 0 Å². The first-order valence-electron chi connectivity index (χ1n) is 4.84. The first-order valence-corrected chi connectivity index (χ1v) is 4.84. The van der Waals surface area contributed by atoms with Crippen LogP contribution in [-0.2, 0) is 9.47 Å². The van der Waals surface area contributed by atoms with Crippen molar-refractivity contribution in [3.63, 3.8) is 0 Å². The van der Waals surface area contributed by atoms with Crippen molar-refractivity contribution >= 4 is 0 Å². The van der Waals surface area contributed by atoms with Crippen LogP contribution in [0.25, 0.3) is 0 Å². The Kier molecular flexibility index (Phi) is 2.20. The average molecular weight is 168 g/mol. The van der Waals surface area contributed by atoms with Gasteiger partial charge < -0.3 is 9.47 Å². The molecule has 0 unspecified atom stereocenters. The molecular formula is C10H16O2. The number of epoxide rings is 2. The molecule has 2 saturated heterocycles. The summed E-state index contributed by atoms with van der Waals surface area (Å²) in [4.78, 5) is 0. The van der Waals surface area contributed by atoms with Crippen molar-refractivity contribution in [2.24, 2.45) is 0 Å². The molecule has 0 aromatic heterocycles. The van der Waals surface area contributed by atoms with Crippen LogP contribution in [0.5, 0.6) is 0 Å². The number of rotatable bonds is 7. The maximum absolute atomic E-state index is 5.18. The molecule has 0 aliphatic carbocycles. The third-order valence-electron chi connectivity index (χ3n) is 2.54. The summed E-state index contributed by atoms with van der Waals surface area (Å²) in [7, 11) is 0. The summed E-state index contributed by atoms with van der Waals surface area (Å²) in [5.41, 5.74) is 0. The normalized spacial score (nSPS) is 35.8. The van der Waals surface area contributed by atoms with E-state index in [0.29, 0.717) is 0 Å². The van der Waals surface area contributed by atoms with Gasteiger partial charge in [0.15, 0.2) is 0 Å². The number of unbranched alkanes of at least 4 members (excludes halogenated alkanes) is 4. The van der Waals surface area contributed by atoms with Crippen LogP contribution in [0.15, 0.2) is 12.7 Å².